The smallest absolute Gasteiger partial charge is 0.292 e. The Morgan fingerprint density at radius 1 is 0.943 bits per heavy atom. The first kappa shape index (κ1) is 24.6. The van der Waals surface area contributed by atoms with Crippen molar-refractivity contribution in [1.82, 2.24) is 9.78 Å². The predicted octanol–water partition coefficient (Wildman–Crippen LogP) is 6.36. The van der Waals surface area contributed by atoms with Crippen LogP contribution in [-0.2, 0) is 13.2 Å². The Balaban J connectivity index is 1.41. The molecule has 0 aliphatic carbocycles. The fraction of sp³-hybridized carbons (Fsp3) is 0.0909. The minimum atomic E-state index is -2.31. The highest BCUT2D eigenvalue weighted by molar-refractivity contribution is 6.33. The van der Waals surface area contributed by atoms with Crippen LogP contribution in [0.3, 0.4) is 0 Å². The highest BCUT2D eigenvalue weighted by Gasteiger charge is 2.27. The van der Waals surface area contributed by atoms with Crippen molar-refractivity contribution in [2.24, 2.45) is 0 Å². The Morgan fingerprint density at radius 2 is 1.57 bits per heavy atom. The molecule has 6 nitrogen and oxygen atoms in total. The lowest BCUT2D eigenvalue weighted by atomic mass is 10.2. The number of carbonyl (C=O) groups excluding carboxylic acids is 1. The maximum atomic E-state index is 13.7. The number of nitrogens with one attached hydrogen (secondary N) is 1. The SMILES string of the molecule is O=C(Nc1nn(Cc2ccc(Cl)cc2)cc1Cl)c1ccc(COc2c(F)c(F)c(F)c(F)c2F)o1. The van der Waals surface area contributed by atoms with Gasteiger partial charge in [0.2, 0.25) is 29.1 Å². The van der Waals surface area contributed by atoms with Crippen LogP contribution in [-0.4, -0.2) is 15.7 Å². The van der Waals surface area contributed by atoms with Crippen molar-refractivity contribution < 1.29 is 35.9 Å². The molecule has 0 atom stereocenters. The molecule has 2 aromatic heterocycles. The topological polar surface area (TPSA) is 69.3 Å². The van der Waals surface area contributed by atoms with Crippen molar-refractivity contribution >= 4 is 34.9 Å². The Labute approximate surface area is 203 Å². The number of amides is 1. The van der Waals surface area contributed by atoms with Crippen molar-refractivity contribution in [1.29, 1.82) is 0 Å². The second kappa shape index (κ2) is 9.96. The molecule has 4 rings (SSSR count). The molecule has 0 spiro atoms. The third-order valence-corrected chi connectivity index (χ3v) is 5.15. The maximum absolute atomic E-state index is 13.7. The fourth-order valence-corrected chi connectivity index (χ4v) is 3.26. The summed E-state index contributed by atoms with van der Waals surface area (Å²) in [6.45, 7) is -0.366. The first-order valence-electron chi connectivity index (χ1n) is 9.65. The van der Waals surface area contributed by atoms with Crippen LogP contribution in [0.4, 0.5) is 27.8 Å². The summed E-state index contributed by atoms with van der Waals surface area (Å²) in [6.07, 6.45) is 1.50. The van der Waals surface area contributed by atoms with Gasteiger partial charge in [-0.25, -0.2) is 13.2 Å². The molecule has 0 radical (unpaired) electrons. The Kier molecular flexibility index (Phi) is 6.99. The van der Waals surface area contributed by atoms with Crippen LogP contribution in [0, 0.1) is 29.1 Å². The lowest BCUT2D eigenvalue weighted by Gasteiger charge is -2.09. The monoisotopic (exact) mass is 531 g/mol. The Morgan fingerprint density at radius 3 is 2.23 bits per heavy atom. The minimum absolute atomic E-state index is 0.0428. The molecule has 0 saturated carbocycles. The van der Waals surface area contributed by atoms with Gasteiger partial charge in [0.15, 0.2) is 17.3 Å². The average Bonchev–Trinajstić information content (AvgIpc) is 3.44. The molecule has 35 heavy (non-hydrogen) atoms. The van der Waals surface area contributed by atoms with Crippen molar-refractivity contribution in [3.05, 3.63) is 98.8 Å². The Hall–Kier alpha value is -3.57. The number of hydrogen-bond acceptors (Lipinski definition) is 4. The molecule has 1 amide bonds. The van der Waals surface area contributed by atoms with E-state index in [2.05, 4.69) is 10.4 Å². The molecule has 1 N–H and O–H groups in total. The van der Waals surface area contributed by atoms with E-state index in [1.165, 1.54) is 23.0 Å². The maximum Gasteiger partial charge on any atom is 0.292 e. The summed E-state index contributed by atoms with van der Waals surface area (Å²) >= 11 is 12.0. The molecule has 13 heteroatoms. The summed E-state index contributed by atoms with van der Waals surface area (Å²) in [5.41, 5.74) is 0.885. The van der Waals surface area contributed by atoms with Gasteiger partial charge in [0.05, 0.1) is 6.54 Å². The van der Waals surface area contributed by atoms with Crippen molar-refractivity contribution in [3.8, 4) is 5.75 Å². The third kappa shape index (κ3) is 5.25. The summed E-state index contributed by atoms with van der Waals surface area (Å²) in [4.78, 5) is 12.5. The molecule has 2 aromatic carbocycles. The molecule has 0 aliphatic rings. The van der Waals surface area contributed by atoms with Gasteiger partial charge in [-0.1, -0.05) is 35.3 Å². The van der Waals surface area contributed by atoms with Gasteiger partial charge in [-0.3, -0.25) is 9.48 Å². The highest BCUT2D eigenvalue weighted by Crippen LogP contribution is 2.30. The molecular weight excluding hydrogens is 520 g/mol. The molecule has 0 saturated heterocycles. The van der Waals surface area contributed by atoms with E-state index >= 15 is 0 Å². The number of hydrogen-bond donors (Lipinski definition) is 1. The standard InChI is InChI=1S/C22H12Cl2F5N3O3/c23-11-3-1-10(2-4-11)7-32-8-13(24)21(31-32)30-22(33)14-6-5-12(35-14)9-34-20-18(28)16(26)15(25)17(27)19(20)29/h1-6,8H,7,9H2,(H,30,31,33). The number of ether oxygens (including phenoxy) is 1. The largest absolute Gasteiger partial charge is 0.479 e. The van der Waals surface area contributed by atoms with Crippen molar-refractivity contribution in [2.45, 2.75) is 13.2 Å². The summed E-state index contributed by atoms with van der Waals surface area (Å²) < 4.78 is 78.5. The first-order valence-corrected chi connectivity index (χ1v) is 10.4. The molecule has 0 fully saturated rings. The van der Waals surface area contributed by atoms with Gasteiger partial charge in [-0.2, -0.15) is 13.9 Å². The third-order valence-electron chi connectivity index (χ3n) is 4.62. The second-order valence-corrected chi connectivity index (χ2v) is 7.90. The average molecular weight is 532 g/mol. The number of nitrogens with zero attached hydrogens (tertiary/aromatic N) is 2. The van der Waals surface area contributed by atoms with Crippen LogP contribution in [0.5, 0.6) is 5.75 Å². The van der Waals surface area contributed by atoms with Crippen LogP contribution < -0.4 is 10.1 Å². The number of halogens is 7. The van der Waals surface area contributed by atoms with E-state index in [0.29, 0.717) is 11.6 Å². The molecule has 2 heterocycles. The summed E-state index contributed by atoms with van der Waals surface area (Å²) in [5, 5.41) is 7.36. The molecular formula is C22H12Cl2F5N3O3. The zero-order valence-electron chi connectivity index (χ0n) is 17.2. The van der Waals surface area contributed by atoms with Gasteiger partial charge in [0, 0.05) is 11.2 Å². The van der Waals surface area contributed by atoms with Crippen LogP contribution in [0.2, 0.25) is 10.0 Å². The molecule has 0 aliphatic heterocycles. The zero-order chi connectivity index (χ0) is 25.3. The number of rotatable bonds is 7. The molecule has 182 valence electrons. The number of anilines is 1. The minimum Gasteiger partial charge on any atom is -0.479 e. The van der Waals surface area contributed by atoms with Gasteiger partial charge < -0.3 is 14.5 Å². The van der Waals surface area contributed by atoms with E-state index in [1.807, 2.05) is 0 Å². The van der Waals surface area contributed by atoms with E-state index in [9.17, 15) is 26.7 Å². The van der Waals surface area contributed by atoms with Crippen molar-refractivity contribution in [3.63, 3.8) is 0 Å². The molecule has 0 unspecified atom stereocenters. The van der Waals surface area contributed by atoms with Crippen LogP contribution in [0.15, 0.2) is 47.0 Å². The predicted molar refractivity (Wildman–Crippen MR) is 115 cm³/mol. The summed E-state index contributed by atoms with van der Waals surface area (Å²) in [5.74, 6) is -13.4. The second-order valence-electron chi connectivity index (χ2n) is 7.06. The van der Waals surface area contributed by atoms with E-state index in [4.69, 9.17) is 32.4 Å². The Bertz CT molecular complexity index is 1380. The van der Waals surface area contributed by atoms with E-state index < -0.39 is 47.3 Å². The lowest BCUT2D eigenvalue weighted by molar-refractivity contribution is 0.0991. The van der Waals surface area contributed by atoms with E-state index in [1.54, 1.807) is 24.3 Å². The van der Waals surface area contributed by atoms with E-state index in [0.717, 1.165) is 5.56 Å². The van der Waals surface area contributed by atoms with Crippen LogP contribution in [0.1, 0.15) is 21.9 Å². The van der Waals surface area contributed by atoms with Gasteiger partial charge in [-0.15, -0.1) is 0 Å². The zero-order valence-corrected chi connectivity index (χ0v) is 18.7. The number of benzene rings is 2. The summed E-state index contributed by atoms with van der Waals surface area (Å²) in [7, 11) is 0. The number of carbonyl (C=O) groups is 1. The van der Waals surface area contributed by atoms with E-state index in [-0.39, 0.29) is 22.4 Å². The van der Waals surface area contributed by atoms with Crippen LogP contribution in [0.25, 0.3) is 0 Å². The quantitative estimate of drug-likeness (QED) is 0.171. The van der Waals surface area contributed by atoms with Crippen molar-refractivity contribution in [2.75, 3.05) is 5.32 Å². The van der Waals surface area contributed by atoms with Gasteiger partial charge in [0.1, 0.15) is 17.4 Å². The lowest BCUT2D eigenvalue weighted by Crippen LogP contribution is -2.12. The number of furan rings is 1. The van der Waals surface area contributed by atoms with Gasteiger partial charge in [-0.05, 0) is 29.8 Å². The molecule has 0 bridgehead atoms. The summed E-state index contributed by atoms with van der Waals surface area (Å²) in [6, 6.07) is 9.47. The fourth-order valence-electron chi connectivity index (χ4n) is 2.94. The molecule has 4 aromatic rings. The van der Waals surface area contributed by atoms with Gasteiger partial charge in [0.25, 0.3) is 5.91 Å². The number of aromatic nitrogens is 2. The van der Waals surface area contributed by atoms with Crippen LogP contribution >= 0.6 is 23.2 Å². The normalized spacial score (nSPS) is 11.1. The van der Waals surface area contributed by atoms with Gasteiger partial charge >= 0.3 is 0 Å². The first-order chi connectivity index (χ1) is 16.6. The highest BCUT2D eigenvalue weighted by atomic mass is 35.5.